The molecule has 0 aliphatic heterocycles. The molecule has 0 bridgehead atoms. The molecule has 0 unspecified atom stereocenters. The molecule has 0 saturated heterocycles. The molecule has 1 fully saturated rings. The number of halogens is 1. The molecule has 1 aliphatic carbocycles. The lowest BCUT2D eigenvalue weighted by molar-refractivity contribution is -0.146. The Morgan fingerprint density at radius 3 is 2.52 bits per heavy atom. The molecule has 21 heavy (non-hydrogen) atoms. The first-order valence-corrected chi connectivity index (χ1v) is 7.16. The Hall–Kier alpha value is -1.91. The molecule has 1 aromatic rings. The molecule has 1 amide bonds. The van der Waals surface area contributed by atoms with Gasteiger partial charge in [-0.3, -0.25) is 9.59 Å². The molecular formula is C16H20FNO3. The predicted octanol–water partition coefficient (Wildman–Crippen LogP) is 2.60. The van der Waals surface area contributed by atoms with Gasteiger partial charge in [-0.15, -0.1) is 0 Å². The highest BCUT2D eigenvalue weighted by Gasteiger charge is 2.28. The van der Waals surface area contributed by atoms with Crippen molar-refractivity contribution in [3.8, 4) is 0 Å². The van der Waals surface area contributed by atoms with Gasteiger partial charge in [-0.25, -0.2) is 4.39 Å². The van der Waals surface area contributed by atoms with Gasteiger partial charge in [0.15, 0.2) is 0 Å². The summed E-state index contributed by atoms with van der Waals surface area (Å²) in [7, 11) is 1.39. The monoisotopic (exact) mass is 293 g/mol. The number of esters is 1. The summed E-state index contributed by atoms with van der Waals surface area (Å²) in [6, 6.07) is 4.22. The van der Waals surface area contributed by atoms with E-state index in [4.69, 9.17) is 4.74 Å². The lowest BCUT2D eigenvalue weighted by atomic mass is 9.86. The van der Waals surface area contributed by atoms with Crippen LogP contribution in [0.4, 0.5) is 4.39 Å². The number of ether oxygens (including phenoxy) is 1. The maximum absolute atomic E-state index is 13.2. The molecular weight excluding hydrogens is 273 g/mol. The van der Waals surface area contributed by atoms with Crippen LogP contribution in [0.1, 0.15) is 41.6 Å². The minimum absolute atomic E-state index is 0.0288. The quantitative estimate of drug-likeness (QED) is 0.872. The van der Waals surface area contributed by atoms with Gasteiger partial charge >= 0.3 is 5.97 Å². The number of hydrogen-bond donors (Lipinski definition) is 1. The second-order valence-electron chi connectivity index (χ2n) is 5.50. The summed E-state index contributed by atoms with van der Waals surface area (Å²) in [6.07, 6.45) is 2.89. The highest BCUT2D eigenvalue weighted by molar-refractivity contribution is 5.95. The van der Waals surface area contributed by atoms with Crippen molar-refractivity contribution in [3.63, 3.8) is 0 Å². The van der Waals surface area contributed by atoms with Crippen molar-refractivity contribution >= 4 is 11.9 Å². The maximum atomic E-state index is 13.2. The van der Waals surface area contributed by atoms with E-state index >= 15 is 0 Å². The number of hydrogen-bond acceptors (Lipinski definition) is 3. The van der Waals surface area contributed by atoms with Crippen molar-refractivity contribution in [2.24, 2.45) is 5.92 Å². The fraction of sp³-hybridized carbons (Fsp3) is 0.500. The second kappa shape index (κ2) is 6.70. The molecule has 1 aliphatic rings. The summed E-state index contributed by atoms with van der Waals surface area (Å²) in [6.45, 7) is 1.78. The molecule has 5 heteroatoms. The summed E-state index contributed by atoms with van der Waals surface area (Å²) >= 11 is 0. The van der Waals surface area contributed by atoms with E-state index in [1.165, 1.54) is 19.2 Å². The van der Waals surface area contributed by atoms with Crippen molar-refractivity contribution in [1.82, 2.24) is 5.32 Å². The van der Waals surface area contributed by atoms with Gasteiger partial charge in [0.05, 0.1) is 13.0 Å². The molecule has 4 nitrogen and oxygen atoms in total. The van der Waals surface area contributed by atoms with Gasteiger partial charge in [0, 0.05) is 11.6 Å². The van der Waals surface area contributed by atoms with Crippen LogP contribution in [0.15, 0.2) is 18.2 Å². The summed E-state index contributed by atoms with van der Waals surface area (Å²) in [5.74, 6) is -0.923. The van der Waals surface area contributed by atoms with Gasteiger partial charge in [-0.05, 0) is 50.3 Å². The van der Waals surface area contributed by atoms with Crippen LogP contribution in [-0.2, 0) is 9.53 Å². The average Bonchev–Trinajstić information content (AvgIpc) is 2.49. The molecule has 114 valence electrons. The Labute approximate surface area is 123 Å². The van der Waals surface area contributed by atoms with Crippen LogP contribution in [-0.4, -0.2) is 25.0 Å². The van der Waals surface area contributed by atoms with Crippen LogP contribution in [0.25, 0.3) is 0 Å². The van der Waals surface area contributed by atoms with Gasteiger partial charge in [0.2, 0.25) is 0 Å². The van der Waals surface area contributed by atoms with E-state index in [1.54, 1.807) is 13.0 Å². The SMILES string of the molecule is COC(=O)C1CCC(NC(=O)c2cc(F)ccc2C)CC1. The van der Waals surface area contributed by atoms with Crippen LogP contribution < -0.4 is 5.32 Å². The zero-order valence-electron chi connectivity index (χ0n) is 12.3. The smallest absolute Gasteiger partial charge is 0.308 e. The van der Waals surface area contributed by atoms with Crippen molar-refractivity contribution in [2.75, 3.05) is 7.11 Å². The van der Waals surface area contributed by atoms with Crippen LogP contribution in [0.5, 0.6) is 0 Å². The Bertz CT molecular complexity index is 536. The number of aryl methyl sites for hydroxylation is 1. The van der Waals surface area contributed by atoms with E-state index < -0.39 is 5.82 Å². The van der Waals surface area contributed by atoms with Crippen molar-refractivity contribution in [3.05, 3.63) is 35.1 Å². The highest BCUT2D eigenvalue weighted by Crippen LogP contribution is 2.25. The Kier molecular flexibility index (Phi) is 4.94. The first-order chi connectivity index (χ1) is 10.0. The lowest BCUT2D eigenvalue weighted by Gasteiger charge is -2.27. The third-order valence-electron chi connectivity index (χ3n) is 4.04. The molecule has 1 aromatic carbocycles. The fourth-order valence-electron chi connectivity index (χ4n) is 2.74. The van der Waals surface area contributed by atoms with E-state index in [1.807, 2.05) is 0 Å². The summed E-state index contributed by atoms with van der Waals surface area (Å²) < 4.78 is 18.0. The number of methoxy groups -OCH3 is 1. The number of rotatable bonds is 3. The van der Waals surface area contributed by atoms with E-state index in [2.05, 4.69) is 5.32 Å². The number of amides is 1. The van der Waals surface area contributed by atoms with Crippen molar-refractivity contribution < 1.29 is 18.7 Å². The van der Waals surface area contributed by atoms with Crippen LogP contribution >= 0.6 is 0 Å². The minimum Gasteiger partial charge on any atom is -0.469 e. The molecule has 1 N–H and O–H groups in total. The minimum atomic E-state index is -0.417. The van der Waals surface area contributed by atoms with E-state index in [-0.39, 0.29) is 23.8 Å². The third kappa shape index (κ3) is 3.80. The molecule has 1 saturated carbocycles. The zero-order chi connectivity index (χ0) is 15.4. The Morgan fingerprint density at radius 2 is 1.90 bits per heavy atom. The largest absolute Gasteiger partial charge is 0.469 e. The first-order valence-electron chi connectivity index (χ1n) is 7.16. The molecule has 2 rings (SSSR count). The van der Waals surface area contributed by atoms with Crippen LogP contribution in [0.3, 0.4) is 0 Å². The van der Waals surface area contributed by atoms with Gasteiger partial charge in [0.1, 0.15) is 5.82 Å². The second-order valence-corrected chi connectivity index (χ2v) is 5.50. The Balaban J connectivity index is 1.93. The summed E-state index contributed by atoms with van der Waals surface area (Å²) in [5.41, 5.74) is 1.11. The van der Waals surface area contributed by atoms with Gasteiger partial charge in [-0.1, -0.05) is 6.07 Å². The lowest BCUT2D eigenvalue weighted by Crippen LogP contribution is -2.39. The number of carbonyl (C=O) groups is 2. The molecule has 0 spiro atoms. The van der Waals surface area contributed by atoms with Crippen molar-refractivity contribution in [2.45, 2.75) is 38.6 Å². The summed E-state index contributed by atoms with van der Waals surface area (Å²) in [4.78, 5) is 23.6. The van der Waals surface area contributed by atoms with E-state index in [0.29, 0.717) is 18.4 Å². The standard InChI is InChI=1S/C16H20FNO3/c1-10-3-6-12(17)9-14(10)15(19)18-13-7-4-11(5-8-13)16(20)21-2/h3,6,9,11,13H,4-5,7-8H2,1-2H3,(H,18,19). The zero-order valence-corrected chi connectivity index (χ0v) is 12.3. The molecule has 0 radical (unpaired) electrons. The van der Waals surface area contributed by atoms with Crippen LogP contribution in [0, 0.1) is 18.7 Å². The molecule has 0 aromatic heterocycles. The number of carbonyl (C=O) groups excluding carboxylic acids is 2. The van der Waals surface area contributed by atoms with Crippen molar-refractivity contribution in [1.29, 1.82) is 0 Å². The topological polar surface area (TPSA) is 55.4 Å². The fourth-order valence-corrected chi connectivity index (χ4v) is 2.74. The van der Waals surface area contributed by atoms with E-state index in [0.717, 1.165) is 18.4 Å². The highest BCUT2D eigenvalue weighted by atomic mass is 19.1. The Morgan fingerprint density at radius 1 is 1.24 bits per heavy atom. The molecule has 0 atom stereocenters. The van der Waals surface area contributed by atoms with Crippen LogP contribution in [0.2, 0.25) is 0 Å². The van der Waals surface area contributed by atoms with E-state index in [9.17, 15) is 14.0 Å². The third-order valence-corrected chi connectivity index (χ3v) is 4.04. The summed E-state index contributed by atoms with van der Waals surface area (Å²) in [5, 5.41) is 2.92. The number of nitrogens with one attached hydrogen (secondary N) is 1. The number of benzene rings is 1. The van der Waals surface area contributed by atoms with Gasteiger partial charge in [-0.2, -0.15) is 0 Å². The maximum Gasteiger partial charge on any atom is 0.308 e. The van der Waals surface area contributed by atoms with Gasteiger partial charge in [0.25, 0.3) is 5.91 Å². The van der Waals surface area contributed by atoms with Gasteiger partial charge < -0.3 is 10.1 Å². The normalized spacial score (nSPS) is 21.7. The molecule has 0 heterocycles. The average molecular weight is 293 g/mol. The predicted molar refractivity (Wildman–Crippen MR) is 76.4 cm³/mol. The first kappa shape index (κ1) is 15.5.